The van der Waals surface area contributed by atoms with Crippen LogP contribution < -0.4 is 10.2 Å². The fourth-order valence-electron chi connectivity index (χ4n) is 1.11. The Morgan fingerprint density at radius 2 is 2.19 bits per heavy atom. The van der Waals surface area contributed by atoms with Crippen molar-refractivity contribution in [3.8, 4) is 5.75 Å². The first-order valence-electron chi connectivity index (χ1n) is 4.52. The van der Waals surface area contributed by atoms with E-state index in [9.17, 15) is 9.59 Å². The fourth-order valence-corrected chi connectivity index (χ4v) is 1.11. The molecule has 82 valence electrons. The summed E-state index contributed by atoms with van der Waals surface area (Å²) in [7, 11) is 0. The van der Waals surface area contributed by atoms with Gasteiger partial charge in [0, 0.05) is 6.07 Å². The topological polar surface area (TPSA) is 69.7 Å². The average molecular weight is 220 g/mol. The Morgan fingerprint density at radius 1 is 1.38 bits per heavy atom. The Bertz CT molecular complexity index is 550. The van der Waals surface area contributed by atoms with Gasteiger partial charge in [0.15, 0.2) is 0 Å². The van der Waals surface area contributed by atoms with Gasteiger partial charge >= 0.3 is 5.97 Å². The Kier molecular flexibility index (Phi) is 2.59. The van der Waals surface area contributed by atoms with Crippen LogP contribution in [-0.4, -0.2) is 5.97 Å². The molecule has 0 aliphatic carbocycles. The number of ether oxygens (including phenoxy) is 1. The highest BCUT2D eigenvalue weighted by molar-refractivity contribution is 5.87. The summed E-state index contributed by atoms with van der Waals surface area (Å²) >= 11 is 0. The van der Waals surface area contributed by atoms with Gasteiger partial charge < -0.3 is 13.6 Å². The first kappa shape index (κ1) is 10.2. The van der Waals surface area contributed by atoms with Crippen LogP contribution in [0.2, 0.25) is 0 Å². The van der Waals surface area contributed by atoms with Gasteiger partial charge in [0.05, 0.1) is 6.26 Å². The number of carbonyl (C=O) groups excluding carboxylic acids is 1. The van der Waals surface area contributed by atoms with Crippen molar-refractivity contribution in [3.63, 3.8) is 0 Å². The van der Waals surface area contributed by atoms with Gasteiger partial charge in [0.25, 0.3) is 0 Å². The molecular weight excluding hydrogens is 212 g/mol. The highest BCUT2D eigenvalue weighted by atomic mass is 16.6. The summed E-state index contributed by atoms with van der Waals surface area (Å²) in [5.41, 5.74) is -0.413. The van der Waals surface area contributed by atoms with Crippen molar-refractivity contribution < 1.29 is 18.4 Å². The maximum atomic E-state index is 11.4. The van der Waals surface area contributed by atoms with Gasteiger partial charge in [0.2, 0.25) is 16.9 Å². The Morgan fingerprint density at radius 3 is 2.81 bits per heavy atom. The lowest BCUT2D eigenvalue weighted by atomic mass is 10.4. The number of hydrogen-bond donors (Lipinski definition) is 0. The minimum Gasteiger partial charge on any atom is -0.465 e. The molecule has 0 amide bonds. The molecule has 0 atom stereocenters. The standard InChI is InChI=1S/C11H8O5/c1-7-5-8(12)10(6-15-7)16-11(13)9-3-2-4-14-9/h2-6H,1H3. The molecular formula is C11H8O5. The lowest BCUT2D eigenvalue weighted by molar-refractivity contribution is 0.0695. The number of furan rings is 1. The largest absolute Gasteiger partial charge is 0.465 e. The van der Waals surface area contributed by atoms with E-state index in [1.807, 2.05) is 0 Å². The van der Waals surface area contributed by atoms with Crippen molar-refractivity contribution in [1.82, 2.24) is 0 Å². The van der Waals surface area contributed by atoms with Gasteiger partial charge in [-0.15, -0.1) is 0 Å². The van der Waals surface area contributed by atoms with E-state index in [0.29, 0.717) is 5.76 Å². The van der Waals surface area contributed by atoms with E-state index in [-0.39, 0.29) is 11.5 Å². The van der Waals surface area contributed by atoms with Crippen molar-refractivity contribution >= 4 is 5.97 Å². The van der Waals surface area contributed by atoms with E-state index in [1.165, 1.54) is 18.4 Å². The van der Waals surface area contributed by atoms with E-state index >= 15 is 0 Å². The maximum Gasteiger partial charge on any atom is 0.379 e. The van der Waals surface area contributed by atoms with Gasteiger partial charge in [-0.2, -0.15) is 0 Å². The highest BCUT2D eigenvalue weighted by Crippen LogP contribution is 2.09. The fraction of sp³-hybridized carbons (Fsp3) is 0.0909. The Hall–Kier alpha value is -2.30. The van der Waals surface area contributed by atoms with Crippen LogP contribution in [0, 0.1) is 6.92 Å². The van der Waals surface area contributed by atoms with Gasteiger partial charge in [0.1, 0.15) is 12.0 Å². The molecule has 0 bridgehead atoms. The molecule has 5 heteroatoms. The zero-order chi connectivity index (χ0) is 11.5. The number of aryl methyl sites for hydroxylation is 1. The van der Waals surface area contributed by atoms with Crippen LogP contribution in [0.3, 0.4) is 0 Å². The van der Waals surface area contributed by atoms with Crippen molar-refractivity contribution in [2.24, 2.45) is 0 Å². The van der Waals surface area contributed by atoms with Gasteiger partial charge in [-0.25, -0.2) is 4.79 Å². The van der Waals surface area contributed by atoms with E-state index in [2.05, 4.69) is 0 Å². The summed E-state index contributed by atoms with van der Waals surface area (Å²) in [6.07, 6.45) is 2.44. The van der Waals surface area contributed by atoms with Crippen molar-refractivity contribution in [2.45, 2.75) is 6.92 Å². The first-order chi connectivity index (χ1) is 7.66. The Balaban J connectivity index is 2.22. The molecule has 0 fully saturated rings. The predicted octanol–water partition coefficient (Wildman–Crippen LogP) is 1.76. The van der Waals surface area contributed by atoms with Crippen molar-refractivity contribution in [3.05, 3.63) is 52.5 Å². The summed E-state index contributed by atoms with van der Waals surface area (Å²) < 4.78 is 14.6. The molecule has 2 aromatic rings. The molecule has 0 aliphatic rings. The molecule has 0 unspecified atom stereocenters. The SMILES string of the molecule is Cc1cc(=O)c(OC(=O)c2ccco2)co1. The summed E-state index contributed by atoms with van der Waals surface area (Å²) in [4.78, 5) is 22.8. The second-order valence-corrected chi connectivity index (χ2v) is 3.09. The summed E-state index contributed by atoms with van der Waals surface area (Å²) in [5, 5.41) is 0. The van der Waals surface area contributed by atoms with Crippen LogP contribution in [-0.2, 0) is 0 Å². The number of carbonyl (C=O) groups is 1. The van der Waals surface area contributed by atoms with Crippen LogP contribution >= 0.6 is 0 Å². The lowest BCUT2D eigenvalue weighted by Gasteiger charge is -2.00. The molecule has 0 aromatic carbocycles. The monoisotopic (exact) mass is 220 g/mol. The Labute approximate surface area is 90.3 Å². The third-order valence-corrected chi connectivity index (χ3v) is 1.85. The quantitative estimate of drug-likeness (QED) is 0.721. The molecule has 0 N–H and O–H groups in total. The first-order valence-corrected chi connectivity index (χ1v) is 4.52. The number of esters is 1. The molecule has 0 spiro atoms. The lowest BCUT2D eigenvalue weighted by Crippen LogP contribution is -2.13. The van der Waals surface area contributed by atoms with Crippen LogP contribution in [0.5, 0.6) is 5.75 Å². The van der Waals surface area contributed by atoms with E-state index < -0.39 is 11.4 Å². The van der Waals surface area contributed by atoms with Crippen molar-refractivity contribution in [1.29, 1.82) is 0 Å². The molecule has 2 rings (SSSR count). The minimum atomic E-state index is -0.735. The van der Waals surface area contributed by atoms with Gasteiger partial charge in [-0.3, -0.25) is 4.79 Å². The molecule has 0 radical (unpaired) electrons. The third kappa shape index (κ3) is 2.03. The predicted molar refractivity (Wildman–Crippen MR) is 53.4 cm³/mol. The zero-order valence-electron chi connectivity index (χ0n) is 8.43. The van der Waals surface area contributed by atoms with Crippen LogP contribution in [0.15, 0.2) is 44.4 Å². The van der Waals surface area contributed by atoms with Crippen molar-refractivity contribution in [2.75, 3.05) is 0 Å². The summed E-state index contributed by atoms with van der Waals surface area (Å²) in [5.74, 6) is -0.420. The zero-order valence-corrected chi connectivity index (χ0v) is 8.43. The van der Waals surface area contributed by atoms with Crippen LogP contribution in [0.1, 0.15) is 16.3 Å². The van der Waals surface area contributed by atoms with E-state index in [4.69, 9.17) is 13.6 Å². The smallest absolute Gasteiger partial charge is 0.379 e. The average Bonchev–Trinajstić information content (AvgIpc) is 2.75. The molecule has 5 nitrogen and oxygen atoms in total. The number of hydrogen-bond acceptors (Lipinski definition) is 5. The van der Waals surface area contributed by atoms with Gasteiger partial charge in [-0.1, -0.05) is 0 Å². The second kappa shape index (κ2) is 4.06. The highest BCUT2D eigenvalue weighted by Gasteiger charge is 2.13. The van der Waals surface area contributed by atoms with E-state index in [1.54, 1.807) is 13.0 Å². The third-order valence-electron chi connectivity index (χ3n) is 1.85. The molecule has 0 saturated heterocycles. The van der Waals surface area contributed by atoms with Crippen LogP contribution in [0.25, 0.3) is 0 Å². The second-order valence-electron chi connectivity index (χ2n) is 3.09. The molecule has 16 heavy (non-hydrogen) atoms. The molecule has 2 aromatic heterocycles. The molecule has 0 saturated carbocycles. The summed E-state index contributed by atoms with van der Waals surface area (Å²) in [6.45, 7) is 1.62. The maximum absolute atomic E-state index is 11.4. The summed E-state index contributed by atoms with van der Waals surface area (Å²) in [6, 6.07) is 4.23. The van der Waals surface area contributed by atoms with Gasteiger partial charge in [-0.05, 0) is 19.1 Å². The molecule has 2 heterocycles. The van der Waals surface area contributed by atoms with Crippen LogP contribution in [0.4, 0.5) is 0 Å². The number of rotatable bonds is 2. The van der Waals surface area contributed by atoms with E-state index in [0.717, 1.165) is 6.26 Å². The normalized spacial score (nSPS) is 10.1. The minimum absolute atomic E-state index is 0.0278. The molecule has 0 aliphatic heterocycles.